The van der Waals surface area contributed by atoms with Gasteiger partial charge in [0.25, 0.3) is 5.91 Å². The lowest BCUT2D eigenvalue weighted by Gasteiger charge is -2.10. The van der Waals surface area contributed by atoms with Crippen molar-refractivity contribution >= 4 is 5.91 Å². The van der Waals surface area contributed by atoms with E-state index in [1.165, 1.54) is 6.26 Å². The Morgan fingerprint density at radius 2 is 2.00 bits per heavy atom. The van der Waals surface area contributed by atoms with Crippen LogP contribution in [0.2, 0.25) is 0 Å². The first-order valence-electron chi connectivity index (χ1n) is 6.05. The zero-order valence-corrected chi connectivity index (χ0v) is 10.7. The summed E-state index contributed by atoms with van der Waals surface area (Å²) in [6.07, 6.45) is -2.95. The number of carbonyl (C=O) groups is 1. The first-order chi connectivity index (χ1) is 9.88. The van der Waals surface area contributed by atoms with Crippen molar-refractivity contribution in [2.75, 3.05) is 6.54 Å². The van der Waals surface area contributed by atoms with Crippen LogP contribution in [-0.2, 0) is 12.6 Å². The number of halogens is 4. The third-order valence-electron chi connectivity index (χ3n) is 2.77. The smallest absolute Gasteiger partial charge is 0.419 e. The Kier molecular flexibility index (Phi) is 4.30. The minimum atomic E-state index is -4.84. The van der Waals surface area contributed by atoms with Gasteiger partial charge in [0.05, 0.1) is 11.8 Å². The maximum absolute atomic E-state index is 13.1. The summed E-state index contributed by atoms with van der Waals surface area (Å²) in [5, 5.41) is 2.45. The highest BCUT2D eigenvalue weighted by atomic mass is 19.4. The second kappa shape index (κ2) is 5.99. The molecule has 112 valence electrons. The van der Waals surface area contributed by atoms with E-state index in [1.54, 1.807) is 12.1 Å². The van der Waals surface area contributed by atoms with E-state index < -0.39 is 23.5 Å². The number of rotatable bonds is 4. The van der Waals surface area contributed by atoms with Crippen LogP contribution in [0, 0.1) is 5.82 Å². The number of benzene rings is 1. The van der Waals surface area contributed by atoms with Gasteiger partial charge < -0.3 is 9.73 Å². The molecule has 1 aromatic heterocycles. The van der Waals surface area contributed by atoms with Crippen LogP contribution >= 0.6 is 0 Å². The lowest BCUT2D eigenvalue weighted by molar-refractivity contribution is -0.140. The molecular formula is C14H11F4NO2. The zero-order chi connectivity index (χ0) is 15.5. The predicted molar refractivity (Wildman–Crippen MR) is 66.1 cm³/mol. The fraction of sp³-hybridized carbons (Fsp3) is 0.214. The molecule has 0 saturated heterocycles. The van der Waals surface area contributed by atoms with Gasteiger partial charge in [-0.3, -0.25) is 4.79 Å². The van der Waals surface area contributed by atoms with Crippen molar-refractivity contribution in [3.8, 4) is 0 Å². The van der Waals surface area contributed by atoms with Crippen molar-refractivity contribution in [3.63, 3.8) is 0 Å². The Morgan fingerprint density at radius 1 is 1.24 bits per heavy atom. The van der Waals surface area contributed by atoms with Gasteiger partial charge in [-0.15, -0.1) is 0 Å². The third kappa shape index (κ3) is 3.84. The summed E-state index contributed by atoms with van der Waals surface area (Å²) in [6, 6.07) is 5.53. The molecule has 0 saturated carbocycles. The lowest BCUT2D eigenvalue weighted by atomic mass is 10.1. The van der Waals surface area contributed by atoms with Crippen molar-refractivity contribution in [2.45, 2.75) is 12.6 Å². The van der Waals surface area contributed by atoms with E-state index in [-0.39, 0.29) is 12.1 Å². The van der Waals surface area contributed by atoms with E-state index in [2.05, 4.69) is 5.32 Å². The molecule has 0 atom stereocenters. The number of amides is 1. The standard InChI is InChI=1S/C14H11F4NO2/c15-12-4-3-9(8-11(12)14(16,17)18)13(20)19-6-5-10-2-1-7-21-10/h1-4,7-8H,5-6H2,(H,19,20). The maximum Gasteiger partial charge on any atom is 0.419 e. The van der Waals surface area contributed by atoms with E-state index in [0.717, 1.165) is 6.07 Å². The van der Waals surface area contributed by atoms with Crippen LogP contribution in [0.4, 0.5) is 17.6 Å². The molecule has 0 spiro atoms. The molecule has 1 heterocycles. The molecule has 0 radical (unpaired) electrons. The maximum atomic E-state index is 13.1. The van der Waals surface area contributed by atoms with Crippen LogP contribution in [0.25, 0.3) is 0 Å². The summed E-state index contributed by atoms with van der Waals surface area (Å²) in [5.74, 6) is -1.47. The molecule has 1 amide bonds. The van der Waals surface area contributed by atoms with Crippen LogP contribution < -0.4 is 5.32 Å². The van der Waals surface area contributed by atoms with Crippen LogP contribution in [0.15, 0.2) is 41.0 Å². The minimum Gasteiger partial charge on any atom is -0.469 e. The third-order valence-corrected chi connectivity index (χ3v) is 2.77. The predicted octanol–water partition coefficient (Wildman–Crippen LogP) is 3.41. The van der Waals surface area contributed by atoms with Gasteiger partial charge in [-0.1, -0.05) is 0 Å². The Morgan fingerprint density at radius 3 is 2.62 bits per heavy atom. The van der Waals surface area contributed by atoms with Gasteiger partial charge in [0.2, 0.25) is 0 Å². The van der Waals surface area contributed by atoms with Crippen molar-refractivity contribution in [1.29, 1.82) is 0 Å². The van der Waals surface area contributed by atoms with Gasteiger partial charge in [0.15, 0.2) is 0 Å². The Hall–Kier alpha value is -2.31. The summed E-state index contributed by atoms with van der Waals surface area (Å²) in [4.78, 5) is 11.7. The quantitative estimate of drug-likeness (QED) is 0.879. The summed E-state index contributed by atoms with van der Waals surface area (Å²) in [6.45, 7) is 0.199. The van der Waals surface area contributed by atoms with Gasteiger partial charge in [0.1, 0.15) is 11.6 Å². The van der Waals surface area contributed by atoms with Crippen molar-refractivity contribution in [1.82, 2.24) is 5.32 Å². The number of furan rings is 1. The first-order valence-corrected chi connectivity index (χ1v) is 6.05. The SMILES string of the molecule is O=C(NCCc1ccco1)c1ccc(F)c(C(F)(F)F)c1. The average molecular weight is 301 g/mol. The molecule has 7 heteroatoms. The highest BCUT2D eigenvalue weighted by molar-refractivity contribution is 5.94. The molecule has 21 heavy (non-hydrogen) atoms. The molecule has 1 aromatic carbocycles. The number of alkyl halides is 3. The van der Waals surface area contributed by atoms with E-state index in [4.69, 9.17) is 4.42 Å². The fourth-order valence-electron chi connectivity index (χ4n) is 1.74. The van der Waals surface area contributed by atoms with Gasteiger partial charge >= 0.3 is 6.18 Å². The summed E-state index contributed by atoms with van der Waals surface area (Å²) in [7, 11) is 0. The molecule has 0 aliphatic heterocycles. The van der Waals surface area contributed by atoms with Crippen LogP contribution in [0.5, 0.6) is 0 Å². The van der Waals surface area contributed by atoms with Crippen LogP contribution in [0.3, 0.4) is 0 Å². The van der Waals surface area contributed by atoms with Crippen molar-refractivity contribution < 1.29 is 26.8 Å². The molecule has 0 unspecified atom stereocenters. The topological polar surface area (TPSA) is 42.2 Å². The fourth-order valence-corrected chi connectivity index (χ4v) is 1.74. The largest absolute Gasteiger partial charge is 0.469 e. The molecule has 0 fully saturated rings. The van der Waals surface area contributed by atoms with Crippen molar-refractivity contribution in [2.24, 2.45) is 0 Å². The van der Waals surface area contributed by atoms with E-state index in [9.17, 15) is 22.4 Å². The molecule has 1 N–H and O–H groups in total. The number of carbonyl (C=O) groups excluding carboxylic acids is 1. The van der Waals surface area contributed by atoms with E-state index in [0.29, 0.717) is 24.3 Å². The van der Waals surface area contributed by atoms with E-state index >= 15 is 0 Å². The minimum absolute atomic E-state index is 0.199. The molecular weight excluding hydrogens is 290 g/mol. The Labute approximate surface area is 117 Å². The summed E-state index contributed by atoms with van der Waals surface area (Å²) < 4.78 is 55.8. The highest BCUT2D eigenvalue weighted by Crippen LogP contribution is 2.31. The van der Waals surface area contributed by atoms with Gasteiger partial charge in [0, 0.05) is 18.5 Å². The molecule has 2 aromatic rings. The first kappa shape index (κ1) is 15.1. The molecule has 2 rings (SSSR count). The molecule has 0 aliphatic carbocycles. The lowest BCUT2D eigenvalue weighted by Crippen LogP contribution is -2.26. The van der Waals surface area contributed by atoms with Gasteiger partial charge in [-0.25, -0.2) is 4.39 Å². The summed E-state index contributed by atoms with van der Waals surface area (Å²) in [5.41, 5.74) is -1.70. The monoisotopic (exact) mass is 301 g/mol. The second-order valence-electron chi connectivity index (χ2n) is 4.28. The Balaban J connectivity index is 2.02. The molecule has 0 aliphatic rings. The molecule has 0 bridgehead atoms. The van der Waals surface area contributed by atoms with Gasteiger partial charge in [-0.05, 0) is 30.3 Å². The Bertz CT molecular complexity index is 620. The van der Waals surface area contributed by atoms with E-state index in [1.807, 2.05) is 0 Å². The highest BCUT2D eigenvalue weighted by Gasteiger charge is 2.34. The summed E-state index contributed by atoms with van der Waals surface area (Å²) >= 11 is 0. The van der Waals surface area contributed by atoms with Crippen LogP contribution in [-0.4, -0.2) is 12.5 Å². The van der Waals surface area contributed by atoms with Crippen molar-refractivity contribution in [3.05, 3.63) is 59.3 Å². The number of hydrogen-bond donors (Lipinski definition) is 1. The second-order valence-corrected chi connectivity index (χ2v) is 4.28. The number of hydrogen-bond acceptors (Lipinski definition) is 2. The normalized spacial score (nSPS) is 11.4. The molecule has 3 nitrogen and oxygen atoms in total. The van der Waals surface area contributed by atoms with Gasteiger partial charge in [-0.2, -0.15) is 13.2 Å². The zero-order valence-electron chi connectivity index (χ0n) is 10.7. The van der Waals surface area contributed by atoms with Crippen LogP contribution in [0.1, 0.15) is 21.7 Å². The number of nitrogens with one attached hydrogen (secondary N) is 1. The average Bonchev–Trinajstić information content (AvgIpc) is 2.91.